The average Bonchev–Trinajstić information content (AvgIpc) is 3.40. The van der Waals surface area contributed by atoms with Gasteiger partial charge in [0, 0.05) is 17.7 Å². The normalized spacial score (nSPS) is 28.8. The lowest BCUT2D eigenvalue weighted by Crippen LogP contribution is -2.53. The Labute approximate surface area is 218 Å². The Morgan fingerprint density at radius 2 is 2.14 bits per heavy atom. The summed E-state index contributed by atoms with van der Waals surface area (Å²) in [5.74, 6) is -1.01. The predicted molar refractivity (Wildman–Crippen MR) is 134 cm³/mol. The summed E-state index contributed by atoms with van der Waals surface area (Å²) in [4.78, 5) is 44.0. The zero-order chi connectivity index (χ0) is 26.2. The van der Waals surface area contributed by atoms with Gasteiger partial charge in [-0.25, -0.2) is 14.6 Å². The van der Waals surface area contributed by atoms with E-state index in [0.29, 0.717) is 24.0 Å². The summed E-state index contributed by atoms with van der Waals surface area (Å²) < 4.78 is 16.9. The number of methoxy groups -OCH3 is 1. The highest BCUT2D eigenvalue weighted by molar-refractivity contribution is 6.30. The number of allylic oxidation sites excluding steroid dienone is 1. The summed E-state index contributed by atoms with van der Waals surface area (Å²) in [5.41, 5.74) is -1.37. The van der Waals surface area contributed by atoms with Crippen molar-refractivity contribution in [3.8, 4) is 11.6 Å². The first-order chi connectivity index (χ1) is 17.8. The number of amides is 2. The lowest BCUT2D eigenvalue weighted by atomic mass is 10.1. The molecule has 1 aromatic heterocycles. The first-order valence-electron chi connectivity index (χ1n) is 12.3. The molecule has 4 atom stereocenters. The van der Waals surface area contributed by atoms with Gasteiger partial charge in [0.25, 0.3) is 0 Å². The van der Waals surface area contributed by atoms with Crippen molar-refractivity contribution in [1.82, 2.24) is 15.2 Å². The molecule has 0 radical (unpaired) electrons. The quantitative estimate of drug-likeness (QED) is 0.454. The number of aliphatic carboxylic acids is 1. The highest BCUT2D eigenvalue weighted by atomic mass is 35.5. The molecular formula is C26H28ClN3O7. The second-order valence-corrected chi connectivity index (χ2v) is 9.98. The number of nitrogens with one attached hydrogen (secondary N) is 1. The maximum absolute atomic E-state index is 13.3. The van der Waals surface area contributed by atoms with E-state index in [1.165, 1.54) is 4.90 Å². The lowest BCUT2D eigenvalue weighted by molar-refractivity contribution is -0.144. The van der Waals surface area contributed by atoms with Crippen LogP contribution in [0.4, 0.5) is 4.79 Å². The third kappa shape index (κ3) is 5.02. The molecule has 2 aromatic rings. The highest BCUT2D eigenvalue weighted by Gasteiger charge is 2.61. The molecule has 196 valence electrons. The van der Waals surface area contributed by atoms with E-state index in [-0.39, 0.29) is 36.5 Å². The van der Waals surface area contributed by atoms with E-state index in [0.717, 1.165) is 18.2 Å². The van der Waals surface area contributed by atoms with Crippen molar-refractivity contribution in [2.45, 2.75) is 49.8 Å². The van der Waals surface area contributed by atoms with Crippen LogP contribution in [0.25, 0.3) is 10.8 Å². The summed E-state index contributed by atoms with van der Waals surface area (Å²) in [6.45, 7) is 0.306. The van der Waals surface area contributed by atoms with Gasteiger partial charge in [-0.3, -0.25) is 9.69 Å². The van der Waals surface area contributed by atoms with Gasteiger partial charge in [-0.1, -0.05) is 23.8 Å². The molecule has 2 amide bonds. The Morgan fingerprint density at radius 1 is 1.30 bits per heavy atom. The molecule has 1 saturated heterocycles. The Hall–Kier alpha value is -3.53. The number of nitrogens with zero attached hydrogens (tertiary/aromatic N) is 2. The SMILES string of the molecule is COc1ccc2c(OC3C[C@H]4C(=O)N[C@]5(C(=O)O)CC5/C=C\CCCCOC(=O)N4C3)nc(Cl)cc2c1. The van der Waals surface area contributed by atoms with Crippen LogP contribution in [-0.4, -0.2) is 70.9 Å². The van der Waals surface area contributed by atoms with Gasteiger partial charge < -0.3 is 24.6 Å². The molecule has 0 spiro atoms. The fourth-order valence-corrected chi connectivity index (χ4v) is 5.21. The summed E-state index contributed by atoms with van der Waals surface area (Å²) >= 11 is 6.23. The van der Waals surface area contributed by atoms with Crippen LogP contribution in [0.3, 0.4) is 0 Å². The van der Waals surface area contributed by atoms with Gasteiger partial charge in [-0.15, -0.1) is 0 Å². The number of carboxylic acid groups (broad SMARTS) is 1. The van der Waals surface area contributed by atoms with Crippen LogP contribution < -0.4 is 14.8 Å². The molecule has 37 heavy (non-hydrogen) atoms. The minimum atomic E-state index is -1.37. The van der Waals surface area contributed by atoms with E-state index in [9.17, 15) is 19.5 Å². The van der Waals surface area contributed by atoms with E-state index >= 15 is 0 Å². The maximum atomic E-state index is 13.3. The van der Waals surface area contributed by atoms with Gasteiger partial charge in [0.15, 0.2) is 0 Å². The summed E-state index contributed by atoms with van der Waals surface area (Å²) in [5, 5.41) is 14.2. The Kier molecular flexibility index (Phi) is 6.85. The molecule has 2 fully saturated rings. The molecular weight excluding hydrogens is 502 g/mol. The molecule has 2 N–H and O–H groups in total. The minimum absolute atomic E-state index is 0.0756. The first-order valence-corrected chi connectivity index (χ1v) is 12.6. The molecule has 1 aromatic carbocycles. The van der Waals surface area contributed by atoms with Crippen molar-refractivity contribution in [3.63, 3.8) is 0 Å². The number of carboxylic acids is 1. The Morgan fingerprint density at radius 3 is 2.92 bits per heavy atom. The zero-order valence-corrected chi connectivity index (χ0v) is 21.1. The minimum Gasteiger partial charge on any atom is -0.497 e. The number of halogens is 1. The number of aromatic nitrogens is 1. The number of fused-ring (bicyclic) bond motifs is 3. The number of ether oxygens (including phenoxy) is 3. The smallest absolute Gasteiger partial charge is 0.410 e. The number of hydrogen-bond donors (Lipinski definition) is 2. The van der Waals surface area contributed by atoms with Crippen LogP contribution in [-0.2, 0) is 14.3 Å². The van der Waals surface area contributed by atoms with Crippen molar-refractivity contribution in [2.75, 3.05) is 20.3 Å². The fraction of sp³-hybridized carbons (Fsp3) is 0.462. The number of carbonyl (C=O) groups excluding carboxylic acids is 2. The van der Waals surface area contributed by atoms with Gasteiger partial charge in [-0.2, -0.15) is 0 Å². The van der Waals surface area contributed by atoms with Crippen molar-refractivity contribution in [3.05, 3.63) is 41.6 Å². The molecule has 1 saturated carbocycles. The monoisotopic (exact) mass is 529 g/mol. The second-order valence-electron chi connectivity index (χ2n) is 9.60. The Bertz CT molecular complexity index is 1270. The van der Waals surface area contributed by atoms with Crippen LogP contribution in [0.5, 0.6) is 11.6 Å². The molecule has 2 aliphatic heterocycles. The predicted octanol–water partition coefficient (Wildman–Crippen LogP) is 3.55. The van der Waals surface area contributed by atoms with Crippen LogP contribution in [0, 0.1) is 5.92 Å². The number of carbonyl (C=O) groups is 3. The van der Waals surface area contributed by atoms with E-state index in [4.69, 9.17) is 25.8 Å². The first kappa shape index (κ1) is 25.1. The number of hydrogen-bond acceptors (Lipinski definition) is 7. The van der Waals surface area contributed by atoms with E-state index < -0.39 is 35.7 Å². The molecule has 3 heterocycles. The van der Waals surface area contributed by atoms with E-state index in [1.807, 2.05) is 18.2 Å². The van der Waals surface area contributed by atoms with Gasteiger partial charge >= 0.3 is 12.1 Å². The van der Waals surface area contributed by atoms with Crippen LogP contribution in [0.1, 0.15) is 32.1 Å². The van der Waals surface area contributed by atoms with E-state index in [2.05, 4.69) is 10.3 Å². The standard InChI is InChI=1S/C26H28ClN3O7/c1-35-17-7-8-19-15(10-17)11-21(27)28-23(19)37-18-12-20-22(31)29-26(24(32)33)13-16(26)6-4-2-3-5-9-36-25(34)30(20)14-18/h4,6-8,10-11,16,18,20H,2-3,5,9,12-14H2,1H3,(H,29,31)(H,32,33)/b6-4-/t16?,18?,20-,26+/m0/s1. The second kappa shape index (κ2) is 10.1. The zero-order valence-electron chi connectivity index (χ0n) is 20.3. The number of rotatable bonds is 4. The molecule has 5 rings (SSSR count). The maximum Gasteiger partial charge on any atom is 0.410 e. The van der Waals surface area contributed by atoms with Crippen molar-refractivity contribution < 1.29 is 33.7 Å². The molecule has 0 bridgehead atoms. The number of cyclic esters (lactones) is 1. The topological polar surface area (TPSA) is 127 Å². The van der Waals surface area contributed by atoms with Crippen molar-refractivity contribution in [2.24, 2.45) is 5.92 Å². The number of benzene rings is 1. The van der Waals surface area contributed by atoms with Gasteiger partial charge in [-0.05, 0) is 55.3 Å². The molecule has 11 heteroatoms. The van der Waals surface area contributed by atoms with Crippen LogP contribution in [0.15, 0.2) is 36.4 Å². The summed E-state index contributed by atoms with van der Waals surface area (Å²) in [7, 11) is 1.57. The average molecular weight is 530 g/mol. The third-order valence-electron chi connectivity index (χ3n) is 7.15. The summed E-state index contributed by atoms with van der Waals surface area (Å²) in [6, 6.07) is 6.13. The van der Waals surface area contributed by atoms with Crippen molar-refractivity contribution in [1.29, 1.82) is 0 Å². The highest BCUT2D eigenvalue weighted by Crippen LogP contribution is 2.45. The summed E-state index contributed by atoms with van der Waals surface area (Å²) in [6.07, 6.45) is 5.22. The number of pyridine rings is 1. The van der Waals surface area contributed by atoms with Crippen LogP contribution in [0.2, 0.25) is 5.15 Å². The van der Waals surface area contributed by atoms with Gasteiger partial charge in [0.05, 0.1) is 20.3 Å². The molecule has 3 aliphatic rings. The van der Waals surface area contributed by atoms with Crippen molar-refractivity contribution >= 4 is 40.3 Å². The van der Waals surface area contributed by atoms with Crippen LogP contribution >= 0.6 is 11.6 Å². The third-order valence-corrected chi connectivity index (χ3v) is 7.35. The van der Waals surface area contributed by atoms with E-state index in [1.54, 1.807) is 25.3 Å². The molecule has 2 unspecified atom stereocenters. The van der Waals surface area contributed by atoms with Gasteiger partial charge in [0.1, 0.15) is 28.6 Å². The Balaban J connectivity index is 1.40. The largest absolute Gasteiger partial charge is 0.497 e. The molecule has 10 nitrogen and oxygen atoms in total. The lowest BCUT2D eigenvalue weighted by Gasteiger charge is -2.25. The van der Waals surface area contributed by atoms with Gasteiger partial charge in [0.2, 0.25) is 11.8 Å². The fourth-order valence-electron chi connectivity index (χ4n) is 5.01. The molecule has 1 aliphatic carbocycles.